The van der Waals surface area contributed by atoms with Crippen LogP contribution in [-0.4, -0.2) is 51.4 Å². The number of para-hydroxylation sites is 1. The van der Waals surface area contributed by atoms with E-state index >= 15 is 0 Å². The van der Waals surface area contributed by atoms with Crippen molar-refractivity contribution >= 4 is 23.1 Å². The second-order valence-electron chi connectivity index (χ2n) is 7.24. The standard InChI is InChI=1S/C20H19N5O2/c1-23-16-7-3-2-6-15(16)20(19(23)27)8-4-10-24(13-20)18(26)14-12-22-25-11-5-9-21-17(14)25/h2-3,5-7,9,11-12H,4,8,10,13H2,1H3/t20-/m0/s1. The van der Waals surface area contributed by atoms with Crippen molar-refractivity contribution in [2.75, 3.05) is 25.0 Å². The molecule has 1 aromatic carbocycles. The summed E-state index contributed by atoms with van der Waals surface area (Å²) in [5.41, 5.74) is 2.31. The van der Waals surface area contributed by atoms with Crippen LogP contribution >= 0.6 is 0 Å². The van der Waals surface area contributed by atoms with Crippen molar-refractivity contribution in [2.24, 2.45) is 0 Å². The molecule has 7 heteroatoms. The van der Waals surface area contributed by atoms with Gasteiger partial charge in [-0.05, 0) is 30.5 Å². The molecule has 1 spiro atoms. The average Bonchev–Trinajstić information content (AvgIpc) is 3.23. The smallest absolute Gasteiger partial charge is 0.259 e. The molecule has 0 aliphatic carbocycles. The molecule has 1 fully saturated rings. The van der Waals surface area contributed by atoms with E-state index in [1.165, 1.54) is 0 Å². The normalized spacial score (nSPS) is 21.9. The van der Waals surface area contributed by atoms with E-state index in [0.29, 0.717) is 24.3 Å². The maximum absolute atomic E-state index is 13.2. The van der Waals surface area contributed by atoms with Gasteiger partial charge in [0.1, 0.15) is 5.56 Å². The van der Waals surface area contributed by atoms with Gasteiger partial charge in [0.2, 0.25) is 5.91 Å². The van der Waals surface area contributed by atoms with E-state index in [4.69, 9.17) is 0 Å². The monoisotopic (exact) mass is 361 g/mol. The number of likely N-dealkylation sites (N-methyl/N-ethyl adjacent to an activating group) is 1. The average molecular weight is 361 g/mol. The predicted molar refractivity (Wildman–Crippen MR) is 99.7 cm³/mol. The zero-order valence-corrected chi connectivity index (χ0v) is 15.0. The van der Waals surface area contributed by atoms with Crippen LogP contribution in [0.5, 0.6) is 0 Å². The van der Waals surface area contributed by atoms with Crippen molar-refractivity contribution in [3.63, 3.8) is 0 Å². The molecule has 0 unspecified atom stereocenters. The molecule has 2 aromatic heterocycles. The molecule has 2 amide bonds. The van der Waals surface area contributed by atoms with Crippen LogP contribution in [0.4, 0.5) is 5.69 Å². The van der Waals surface area contributed by atoms with Crippen LogP contribution in [0.1, 0.15) is 28.8 Å². The highest BCUT2D eigenvalue weighted by molar-refractivity contribution is 6.09. The molecule has 3 aromatic rings. The lowest BCUT2D eigenvalue weighted by atomic mass is 9.75. The Morgan fingerprint density at radius 2 is 2.07 bits per heavy atom. The summed E-state index contributed by atoms with van der Waals surface area (Å²) in [6.45, 7) is 1.01. The third-order valence-electron chi connectivity index (χ3n) is 5.78. The van der Waals surface area contributed by atoms with Gasteiger partial charge >= 0.3 is 0 Å². The molecule has 27 heavy (non-hydrogen) atoms. The molecule has 1 atom stereocenters. The minimum Gasteiger partial charge on any atom is -0.337 e. The van der Waals surface area contributed by atoms with Crippen LogP contribution in [0.25, 0.3) is 5.65 Å². The van der Waals surface area contributed by atoms with Crippen molar-refractivity contribution in [2.45, 2.75) is 18.3 Å². The van der Waals surface area contributed by atoms with Crippen molar-refractivity contribution < 1.29 is 9.59 Å². The zero-order valence-electron chi connectivity index (χ0n) is 15.0. The maximum Gasteiger partial charge on any atom is 0.259 e. The first-order valence-electron chi connectivity index (χ1n) is 9.07. The van der Waals surface area contributed by atoms with Gasteiger partial charge in [0.25, 0.3) is 5.91 Å². The van der Waals surface area contributed by atoms with Crippen LogP contribution < -0.4 is 4.90 Å². The van der Waals surface area contributed by atoms with Gasteiger partial charge in [-0.2, -0.15) is 5.10 Å². The first-order valence-corrected chi connectivity index (χ1v) is 9.07. The Morgan fingerprint density at radius 1 is 1.22 bits per heavy atom. The Balaban J connectivity index is 1.53. The zero-order chi connectivity index (χ0) is 18.6. The minimum absolute atomic E-state index is 0.0687. The lowest BCUT2D eigenvalue weighted by Gasteiger charge is -2.39. The summed E-state index contributed by atoms with van der Waals surface area (Å²) in [4.78, 5) is 34.2. The van der Waals surface area contributed by atoms with Crippen LogP contribution in [0.3, 0.4) is 0 Å². The second kappa shape index (κ2) is 5.64. The number of carbonyl (C=O) groups is 2. The molecule has 4 heterocycles. The lowest BCUT2D eigenvalue weighted by molar-refractivity contribution is -0.124. The first kappa shape index (κ1) is 16.0. The molecule has 1 saturated heterocycles. The van der Waals surface area contributed by atoms with Crippen LogP contribution in [-0.2, 0) is 10.2 Å². The van der Waals surface area contributed by atoms with Crippen LogP contribution in [0.15, 0.2) is 48.9 Å². The summed E-state index contributed by atoms with van der Waals surface area (Å²) in [6, 6.07) is 9.66. The SMILES string of the molecule is CN1C(=O)[C@]2(CCCN(C(=O)c3cnn4cccnc34)C2)c2ccccc21. The molecule has 0 bridgehead atoms. The molecule has 5 rings (SSSR count). The molecule has 0 N–H and O–H groups in total. The Hall–Kier alpha value is -3.22. The van der Waals surface area contributed by atoms with Crippen molar-refractivity contribution in [1.82, 2.24) is 19.5 Å². The number of hydrogen-bond donors (Lipinski definition) is 0. The summed E-state index contributed by atoms with van der Waals surface area (Å²) in [6.07, 6.45) is 6.51. The Kier molecular flexibility index (Phi) is 3.34. The highest BCUT2D eigenvalue weighted by Gasteiger charge is 2.52. The third kappa shape index (κ3) is 2.14. The van der Waals surface area contributed by atoms with E-state index in [9.17, 15) is 9.59 Å². The number of carbonyl (C=O) groups excluding carboxylic acids is 2. The molecule has 0 radical (unpaired) electrons. The summed E-state index contributed by atoms with van der Waals surface area (Å²) < 4.78 is 1.59. The van der Waals surface area contributed by atoms with E-state index in [1.54, 1.807) is 39.0 Å². The summed E-state index contributed by atoms with van der Waals surface area (Å²) in [7, 11) is 1.81. The Labute approximate surface area is 156 Å². The summed E-state index contributed by atoms with van der Waals surface area (Å²) >= 11 is 0. The van der Waals surface area contributed by atoms with Gasteiger partial charge in [-0.3, -0.25) is 9.59 Å². The van der Waals surface area contributed by atoms with E-state index in [0.717, 1.165) is 24.1 Å². The number of amides is 2. The first-order chi connectivity index (χ1) is 13.1. The van der Waals surface area contributed by atoms with Crippen molar-refractivity contribution in [3.05, 3.63) is 60.0 Å². The second-order valence-corrected chi connectivity index (χ2v) is 7.24. The van der Waals surface area contributed by atoms with Gasteiger partial charge in [-0.25, -0.2) is 9.50 Å². The predicted octanol–water partition coefficient (Wildman–Crippen LogP) is 1.88. The number of hydrogen-bond acceptors (Lipinski definition) is 4. The largest absolute Gasteiger partial charge is 0.337 e. The summed E-state index contributed by atoms with van der Waals surface area (Å²) in [5, 5.41) is 4.22. The van der Waals surface area contributed by atoms with Gasteiger partial charge in [0, 0.05) is 38.2 Å². The number of nitrogens with zero attached hydrogens (tertiary/aromatic N) is 5. The number of likely N-dealkylation sites (tertiary alicyclic amines) is 1. The van der Waals surface area contributed by atoms with E-state index in [2.05, 4.69) is 10.1 Å². The molecule has 2 aliphatic rings. The van der Waals surface area contributed by atoms with Gasteiger partial charge < -0.3 is 9.80 Å². The number of piperidine rings is 1. The molecule has 7 nitrogen and oxygen atoms in total. The van der Waals surface area contributed by atoms with Crippen LogP contribution in [0.2, 0.25) is 0 Å². The van der Waals surface area contributed by atoms with Gasteiger partial charge in [-0.1, -0.05) is 18.2 Å². The van der Waals surface area contributed by atoms with Crippen molar-refractivity contribution in [1.29, 1.82) is 0 Å². The Bertz CT molecular complexity index is 1070. The van der Waals surface area contributed by atoms with Crippen LogP contribution in [0, 0.1) is 0 Å². The molecule has 2 aliphatic heterocycles. The molecule has 136 valence electrons. The number of aromatic nitrogens is 3. The fourth-order valence-electron chi connectivity index (χ4n) is 4.49. The lowest BCUT2D eigenvalue weighted by Crippen LogP contribution is -2.53. The number of fused-ring (bicyclic) bond motifs is 3. The molecular weight excluding hydrogens is 342 g/mol. The van der Waals surface area contributed by atoms with Gasteiger partial charge in [-0.15, -0.1) is 0 Å². The van der Waals surface area contributed by atoms with Gasteiger partial charge in [0.05, 0.1) is 11.6 Å². The fraction of sp³-hybridized carbons (Fsp3) is 0.300. The highest BCUT2D eigenvalue weighted by Crippen LogP contribution is 2.46. The number of anilines is 1. The van der Waals surface area contributed by atoms with Gasteiger partial charge in [0.15, 0.2) is 5.65 Å². The third-order valence-corrected chi connectivity index (χ3v) is 5.78. The number of benzene rings is 1. The molecule has 0 saturated carbocycles. The van der Waals surface area contributed by atoms with E-state index in [-0.39, 0.29) is 11.8 Å². The maximum atomic E-state index is 13.2. The van der Waals surface area contributed by atoms with E-state index < -0.39 is 5.41 Å². The Morgan fingerprint density at radius 3 is 2.96 bits per heavy atom. The quantitative estimate of drug-likeness (QED) is 0.664. The van der Waals surface area contributed by atoms with E-state index in [1.807, 2.05) is 31.3 Å². The minimum atomic E-state index is -0.657. The van der Waals surface area contributed by atoms with Crippen molar-refractivity contribution in [3.8, 4) is 0 Å². The number of rotatable bonds is 1. The summed E-state index contributed by atoms with van der Waals surface area (Å²) in [5.74, 6) is -0.0539. The molecular formula is C20H19N5O2. The highest BCUT2D eigenvalue weighted by atomic mass is 16.2. The topological polar surface area (TPSA) is 70.8 Å². The fourth-order valence-corrected chi connectivity index (χ4v) is 4.49.